The van der Waals surface area contributed by atoms with Crippen molar-refractivity contribution in [3.05, 3.63) is 0 Å². The number of rotatable bonds is 2. The van der Waals surface area contributed by atoms with Crippen LogP contribution in [0.1, 0.15) is 0 Å². The molecule has 3 N–H and O–H groups in total. The molecule has 0 heterocycles. The van der Waals surface area contributed by atoms with Crippen LogP contribution in [0.4, 0.5) is 0 Å². The minimum absolute atomic E-state index is 0. The molecule has 1 atom stereocenters. The van der Waals surface area contributed by atoms with E-state index in [1.807, 2.05) is 0 Å². The molecule has 0 aromatic carbocycles. The number of aliphatic hydroxyl groups excluding tert-OH is 1. The molecule has 11 heavy (non-hydrogen) atoms. The summed E-state index contributed by atoms with van der Waals surface area (Å²) in [5.74, 6) is 0. The van der Waals surface area contributed by atoms with Crippen molar-refractivity contribution in [1.82, 2.24) is 0 Å². The van der Waals surface area contributed by atoms with E-state index >= 15 is 0 Å². The average molecular weight is 246 g/mol. The van der Waals surface area contributed by atoms with Gasteiger partial charge in [-0.25, -0.2) is 0 Å². The van der Waals surface area contributed by atoms with Crippen LogP contribution in [0.25, 0.3) is 0 Å². The second-order valence-corrected chi connectivity index (χ2v) is 5.12. The van der Waals surface area contributed by atoms with Crippen LogP contribution in [-0.4, -0.2) is 20.5 Å². The molecule has 0 bridgehead atoms. The van der Waals surface area contributed by atoms with Gasteiger partial charge in [0, 0.05) is 0 Å². The van der Waals surface area contributed by atoms with Crippen LogP contribution in [0.15, 0.2) is 0 Å². The Hall–Kier alpha value is 0.779. The third-order valence-corrected chi connectivity index (χ3v) is 3.50. The smallest absolute Gasteiger partial charge is 0.808 e. The van der Waals surface area contributed by atoms with Crippen molar-refractivity contribution in [2.24, 2.45) is 0 Å². The van der Waals surface area contributed by atoms with E-state index in [0.29, 0.717) is 0 Å². The molecular formula is CH4FeO7P2. The van der Waals surface area contributed by atoms with Gasteiger partial charge >= 0.3 is 24.7 Å². The maximum atomic E-state index is 9.85. The van der Waals surface area contributed by atoms with Crippen LogP contribution in [-0.2, 0) is 26.2 Å². The molecule has 1 unspecified atom stereocenters. The van der Waals surface area contributed by atoms with E-state index in [2.05, 4.69) is 0 Å². The van der Waals surface area contributed by atoms with Gasteiger partial charge in [-0.3, -0.25) is 4.57 Å². The molecule has 0 rings (SSSR count). The predicted molar refractivity (Wildman–Crippen MR) is 25.7 cm³/mol. The zero-order valence-corrected chi connectivity index (χ0v) is 7.69. The van der Waals surface area contributed by atoms with Crippen LogP contribution in [0.3, 0.4) is 0 Å². The van der Waals surface area contributed by atoms with Gasteiger partial charge in [0.25, 0.3) is 0 Å². The topological polar surface area (TPSA) is 141 Å². The summed E-state index contributed by atoms with van der Waals surface area (Å²) >= 11 is 0. The molecule has 0 aliphatic carbocycles. The van der Waals surface area contributed by atoms with Gasteiger partial charge in [-0.05, 0) is 7.60 Å². The van der Waals surface area contributed by atoms with E-state index in [4.69, 9.17) is 14.9 Å². The van der Waals surface area contributed by atoms with Gasteiger partial charge < -0.3 is 29.2 Å². The van der Waals surface area contributed by atoms with Crippen molar-refractivity contribution in [1.29, 1.82) is 0 Å². The fourth-order valence-corrected chi connectivity index (χ4v) is 1.66. The fourth-order valence-electron chi connectivity index (χ4n) is 0.184. The first-order chi connectivity index (χ1) is 4.15. The molecule has 0 radical (unpaired) electrons. The SMILES string of the molecule is O=P([O-])([O-])C(O)P(=O)(O)O.[Fe+2]. The zero-order valence-electron chi connectivity index (χ0n) is 4.80. The van der Waals surface area contributed by atoms with Gasteiger partial charge in [-0.2, -0.15) is 0 Å². The minimum atomic E-state index is -5.59. The molecule has 0 aliphatic heterocycles. The molecule has 0 aromatic heterocycles. The largest absolute Gasteiger partial charge is 2.00 e. The summed E-state index contributed by atoms with van der Waals surface area (Å²) in [6.45, 7) is 0. The van der Waals surface area contributed by atoms with E-state index in [0.717, 1.165) is 0 Å². The predicted octanol–water partition coefficient (Wildman–Crippen LogP) is -2.65. The molecule has 10 heteroatoms. The third kappa shape index (κ3) is 5.09. The van der Waals surface area contributed by atoms with Crippen molar-refractivity contribution >= 4 is 15.2 Å². The summed E-state index contributed by atoms with van der Waals surface area (Å²) in [5, 5.41) is 8.07. The Kier molecular flexibility index (Phi) is 5.39. The van der Waals surface area contributed by atoms with Crippen LogP contribution in [0.2, 0.25) is 0 Å². The van der Waals surface area contributed by atoms with Crippen molar-refractivity contribution in [2.45, 2.75) is 5.59 Å². The third-order valence-electron chi connectivity index (χ3n) is 0.584. The Labute approximate surface area is 72.2 Å². The molecule has 0 spiro atoms. The van der Waals surface area contributed by atoms with Gasteiger partial charge in [-0.15, -0.1) is 0 Å². The number of hydrogen-bond acceptors (Lipinski definition) is 5. The fraction of sp³-hybridized carbons (Fsp3) is 1.00. The van der Waals surface area contributed by atoms with Gasteiger partial charge in [0.05, 0.1) is 0 Å². The Balaban J connectivity index is 0. The molecule has 0 saturated carbocycles. The monoisotopic (exact) mass is 246 g/mol. The summed E-state index contributed by atoms with van der Waals surface area (Å²) in [6.07, 6.45) is 0. The number of aliphatic hydroxyl groups is 1. The van der Waals surface area contributed by atoms with Crippen LogP contribution in [0, 0.1) is 0 Å². The number of hydrogen-bond donors (Lipinski definition) is 3. The van der Waals surface area contributed by atoms with Crippen molar-refractivity contribution in [2.75, 3.05) is 0 Å². The Morgan fingerprint density at radius 2 is 1.45 bits per heavy atom. The van der Waals surface area contributed by atoms with Crippen LogP contribution < -0.4 is 9.79 Å². The molecule has 0 amide bonds. The van der Waals surface area contributed by atoms with Crippen LogP contribution >= 0.6 is 15.2 Å². The Morgan fingerprint density at radius 3 is 1.45 bits per heavy atom. The normalized spacial score (nSPS) is 15.4. The maximum absolute atomic E-state index is 9.85. The molecule has 0 saturated heterocycles. The minimum Gasteiger partial charge on any atom is -0.808 e. The van der Waals surface area contributed by atoms with Crippen molar-refractivity contribution < 1.29 is 50.9 Å². The molecule has 68 valence electrons. The van der Waals surface area contributed by atoms with E-state index in [1.54, 1.807) is 0 Å². The summed E-state index contributed by atoms with van der Waals surface area (Å²) < 4.78 is 19.6. The molecule has 0 aromatic rings. The zero-order chi connectivity index (χ0) is 8.58. The first-order valence-corrected chi connectivity index (χ1v) is 5.20. The summed E-state index contributed by atoms with van der Waals surface area (Å²) in [7, 11) is -10.8. The quantitative estimate of drug-likeness (QED) is 0.356. The van der Waals surface area contributed by atoms with E-state index in [9.17, 15) is 18.9 Å². The Morgan fingerprint density at radius 1 is 1.18 bits per heavy atom. The maximum Gasteiger partial charge on any atom is 2.00 e. The van der Waals surface area contributed by atoms with Gasteiger partial charge in [0.1, 0.15) is 0 Å². The first kappa shape index (κ1) is 14.3. The van der Waals surface area contributed by atoms with E-state index in [1.165, 1.54) is 0 Å². The molecule has 0 fully saturated rings. The van der Waals surface area contributed by atoms with Crippen molar-refractivity contribution in [3.63, 3.8) is 0 Å². The molecular weight excluding hydrogens is 242 g/mol. The van der Waals surface area contributed by atoms with E-state index in [-0.39, 0.29) is 17.1 Å². The average Bonchev–Trinajstić information content (AvgIpc) is 1.59. The standard InChI is InChI=1S/CH6O7P2.Fe/c2-1(9(3,4)5)10(6,7)8;/h1-2H,(H2,3,4,5)(H2,6,7,8);/q;+2/p-2. The van der Waals surface area contributed by atoms with Crippen molar-refractivity contribution in [3.8, 4) is 0 Å². The summed E-state index contributed by atoms with van der Waals surface area (Å²) in [6, 6.07) is 0. The van der Waals surface area contributed by atoms with Crippen LogP contribution in [0.5, 0.6) is 0 Å². The molecule has 0 aliphatic rings. The van der Waals surface area contributed by atoms with E-state index < -0.39 is 20.8 Å². The Bertz CT molecular complexity index is 178. The first-order valence-electron chi connectivity index (χ1n) is 1.90. The van der Waals surface area contributed by atoms with Gasteiger partial charge in [0.2, 0.25) is 0 Å². The second-order valence-electron chi connectivity index (χ2n) is 1.48. The second kappa shape index (κ2) is 4.14. The van der Waals surface area contributed by atoms with Gasteiger partial charge in [0.15, 0.2) is 5.59 Å². The van der Waals surface area contributed by atoms with Gasteiger partial charge in [-0.1, -0.05) is 0 Å². The summed E-state index contributed by atoms with van der Waals surface area (Å²) in [5.41, 5.74) is -3.13. The molecule has 7 nitrogen and oxygen atoms in total. The summed E-state index contributed by atoms with van der Waals surface area (Å²) in [4.78, 5) is 35.2.